The van der Waals surface area contributed by atoms with Crippen LogP contribution < -0.4 is 10.6 Å². The molecule has 0 radical (unpaired) electrons. The number of carbonyl (C=O) groups excluding carboxylic acids is 1. The lowest BCUT2D eigenvalue weighted by Gasteiger charge is -2.14. The smallest absolute Gasteiger partial charge is 0.278 e. The first-order valence-electron chi connectivity index (χ1n) is 7.99. The summed E-state index contributed by atoms with van der Waals surface area (Å²) in [4.78, 5) is 24.7. The molecule has 3 rings (SSSR count). The third kappa shape index (κ3) is 3.80. The van der Waals surface area contributed by atoms with Gasteiger partial charge in [-0.25, -0.2) is 0 Å². The zero-order valence-electron chi connectivity index (χ0n) is 13.2. The Hall–Kier alpha value is -2.25. The quantitative estimate of drug-likeness (QED) is 0.644. The highest BCUT2D eigenvalue weighted by atomic mass is 32.1. The number of nitrogens with one attached hydrogen (secondary N) is 2. The highest BCUT2D eigenvalue weighted by Gasteiger charge is 2.20. The van der Waals surface area contributed by atoms with Gasteiger partial charge in [0.15, 0.2) is 0 Å². The summed E-state index contributed by atoms with van der Waals surface area (Å²) in [6, 6.07) is 10.4. The molecule has 2 heterocycles. The molecule has 1 aromatic heterocycles. The molecule has 1 aromatic carbocycles. The van der Waals surface area contributed by atoms with Crippen molar-refractivity contribution in [1.82, 2.24) is 10.6 Å². The van der Waals surface area contributed by atoms with Crippen LogP contribution in [0.2, 0.25) is 0 Å². The summed E-state index contributed by atoms with van der Waals surface area (Å²) < 4.78 is 0. The molecular weight excluding hydrogens is 326 g/mol. The molecule has 0 aliphatic carbocycles. The second-order valence-corrected chi connectivity index (χ2v) is 6.93. The molecule has 0 bridgehead atoms. The number of amides is 1. The van der Waals surface area contributed by atoms with Gasteiger partial charge >= 0.3 is 0 Å². The number of nitro groups is 1. The first-order chi connectivity index (χ1) is 11.6. The summed E-state index contributed by atoms with van der Waals surface area (Å²) in [5, 5.41) is 17.4. The number of thiophene rings is 1. The molecule has 6 nitrogen and oxygen atoms in total. The van der Waals surface area contributed by atoms with E-state index in [9.17, 15) is 14.9 Å². The second-order valence-electron chi connectivity index (χ2n) is 5.76. The number of rotatable bonds is 5. The maximum Gasteiger partial charge on any atom is 0.278 e. The zero-order chi connectivity index (χ0) is 16.9. The number of benzene rings is 1. The fourth-order valence-corrected chi connectivity index (χ4v) is 3.81. The van der Waals surface area contributed by atoms with E-state index >= 15 is 0 Å². The average Bonchev–Trinajstić information content (AvgIpc) is 2.96. The number of para-hydroxylation sites is 1. The molecule has 24 heavy (non-hydrogen) atoms. The first-order valence-corrected chi connectivity index (χ1v) is 8.80. The van der Waals surface area contributed by atoms with Crippen LogP contribution in [0.1, 0.15) is 24.1 Å². The molecule has 1 fully saturated rings. The van der Waals surface area contributed by atoms with E-state index in [2.05, 4.69) is 10.6 Å². The third-order valence-electron chi connectivity index (χ3n) is 4.09. The summed E-state index contributed by atoms with van der Waals surface area (Å²) in [6.45, 7) is 1.33. The number of hydrogen-bond acceptors (Lipinski definition) is 5. The number of nitrogens with zero attached hydrogens (tertiary/aromatic N) is 1. The van der Waals surface area contributed by atoms with Crippen LogP contribution in [-0.4, -0.2) is 23.4 Å². The van der Waals surface area contributed by atoms with Gasteiger partial charge in [-0.1, -0.05) is 12.1 Å². The Morgan fingerprint density at radius 2 is 2.08 bits per heavy atom. The van der Waals surface area contributed by atoms with Crippen LogP contribution in [0, 0.1) is 10.1 Å². The number of carbonyl (C=O) groups is 1. The summed E-state index contributed by atoms with van der Waals surface area (Å²) >= 11 is 1.51. The minimum atomic E-state index is -0.358. The summed E-state index contributed by atoms with van der Waals surface area (Å²) in [5.41, 5.74) is 0.743. The molecule has 1 aliphatic heterocycles. The normalized spacial score (nSPS) is 18.0. The van der Waals surface area contributed by atoms with Crippen molar-refractivity contribution in [3.05, 3.63) is 51.4 Å². The second kappa shape index (κ2) is 7.55. The van der Waals surface area contributed by atoms with Gasteiger partial charge in [0.2, 0.25) is 5.91 Å². The van der Waals surface area contributed by atoms with Crippen molar-refractivity contribution in [2.75, 3.05) is 6.54 Å². The Kier molecular flexibility index (Phi) is 5.22. The van der Waals surface area contributed by atoms with E-state index in [4.69, 9.17) is 0 Å². The van der Waals surface area contributed by atoms with Crippen molar-refractivity contribution >= 4 is 22.9 Å². The lowest BCUT2D eigenvalue weighted by atomic mass is 10.1. The molecule has 126 valence electrons. The predicted molar refractivity (Wildman–Crippen MR) is 93.9 cm³/mol. The Morgan fingerprint density at radius 3 is 2.92 bits per heavy atom. The van der Waals surface area contributed by atoms with E-state index in [0.29, 0.717) is 12.1 Å². The fourth-order valence-electron chi connectivity index (χ4n) is 2.82. The van der Waals surface area contributed by atoms with E-state index in [0.717, 1.165) is 35.6 Å². The molecule has 1 atom stereocenters. The lowest BCUT2D eigenvalue weighted by molar-refractivity contribution is -0.384. The third-order valence-corrected chi connectivity index (χ3v) is 5.20. The van der Waals surface area contributed by atoms with Gasteiger partial charge in [-0.15, -0.1) is 11.3 Å². The van der Waals surface area contributed by atoms with E-state index in [1.165, 1.54) is 17.4 Å². The van der Waals surface area contributed by atoms with Gasteiger partial charge in [-0.05, 0) is 37.5 Å². The fraction of sp³-hybridized carbons (Fsp3) is 0.353. The summed E-state index contributed by atoms with van der Waals surface area (Å²) in [7, 11) is 0. The monoisotopic (exact) mass is 345 g/mol. The minimum absolute atomic E-state index is 0.0583. The predicted octanol–water partition coefficient (Wildman–Crippen LogP) is 3.08. The van der Waals surface area contributed by atoms with Crippen molar-refractivity contribution < 1.29 is 9.72 Å². The van der Waals surface area contributed by atoms with Crippen molar-refractivity contribution in [1.29, 1.82) is 0 Å². The molecule has 2 N–H and O–H groups in total. The Morgan fingerprint density at radius 1 is 1.25 bits per heavy atom. The SMILES string of the molecule is O=C1NCCCCC1NCc1ccc(-c2ccccc2[N+](=O)[O-])s1. The van der Waals surface area contributed by atoms with Gasteiger partial charge in [-0.3, -0.25) is 14.9 Å². The highest BCUT2D eigenvalue weighted by Crippen LogP contribution is 2.34. The van der Waals surface area contributed by atoms with Gasteiger partial charge < -0.3 is 10.6 Å². The minimum Gasteiger partial charge on any atom is -0.355 e. The molecule has 1 unspecified atom stereocenters. The van der Waals surface area contributed by atoms with Crippen molar-refractivity contribution in [3.8, 4) is 10.4 Å². The van der Waals surface area contributed by atoms with Crippen LogP contribution in [0.4, 0.5) is 5.69 Å². The molecular formula is C17H19N3O3S. The zero-order valence-corrected chi connectivity index (χ0v) is 14.0. The Bertz CT molecular complexity index is 744. The van der Waals surface area contributed by atoms with Crippen LogP contribution in [-0.2, 0) is 11.3 Å². The average molecular weight is 345 g/mol. The molecule has 2 aromatic rings. The molecule has 0 spiro atoms. The largest absolute Gasteiger partial charge is 0.355 e. The maximum absolute atomic E-state index is 11.9. The first kappa shape index (κ1) is 16.6. The van der Waals surface area contributed by atoms with Gasteiger partial charge in [0, 0.05) is 28.9 Å². The van der Waals surface area contributed by atoms with Crippen molar-refractivity contribution in [2.24, 2.45) is 0 Å². The topological polar surface area (TPSA) is 84.3 Å². The molecule has 7 heteroatoms. The van der Waals surface area contributed by atoms with Gasteiger partial charge in [0.25, 0.3) is 5.69 Å². The number of nitro benzene ring substituents is 1. The van der Waals surface area contributed by atoms with Crippen LogP contribution in [0.15, 0.2) is 36.4 Å². The molecule has 1 amide bonds. The summed E-state index contributed by atoms with van der Waals surface area (Å²) in [5.74, 6) is 0.0583. The van der Waals surface area contributed by atoms with E-state index in [1.807, 2.05) is 12.1 Å². The van der Waals surface area contributed by atoms with E-state index in [1.54, 1.807) is 18.2 Å². The Labute approximate surface area is 144 Å². The molecule has 1 aliphatic rings. The summed E-state index contributed by atoms with van der Waals surface area (Å²) in [6.07, 6.45) is 2.89. The standard InChI is InChI=1S/C17H19N3O3S/c21-17-14(6-3-4-10-18-17)19-11-12-8-9-16(24-12)13-5-1-2-7-15(13)20(22)23/h1-2,5,7-9,14,19H,3-4,6,10-11H2,(H,18,21). The van der Waals surface area contributed by atoms with Crippen molar-refractivity contribution in [3.63, 3.8) is 0 Å². The lowest BCUT2D eigenvalue weighted by Crippen LogP contribution is -2.42. The highest BCUT2D eigenvalue weighted by molar-refractivity contribution is 7.15. The van der Waals surface area contributed by atoms with E-state index < -0.39 is 0 Å². The van der Waals surface area contributed by atoms with Gasteiger partial charge in [-0.2, -0.15) is 0 Å². The molecule has 0 saturated carbocycles. The van der Waals surface area contributed by atoms with Crippen LogP contribution >= 0.6 is 11.3 Å². The molecule has 1 saturated heterocycles. The van der Waals surface area contributed by atoms with Crippen LogP contribution in [0.3, 0.4) is 0 Å². The van der Waals surface area contributed by atoms with Crippen LogP contribution in [0.5, 0.6) is 0 Å². The Balaban J connectivity index is 1.70. The maximum atomic E-state index is 11.9. The van der Waals surface area contributed by atoms with Crippen LogP contribution in [0.25, 0.3) is 10.4 Å². The van der Waals surface area contributed by atoms with E-state index in [-0.39, 0.29) is 22.6 Å². The van der Waals surface area contributed by atoms with Crippen molar-refractivity contribution in [2.45, 2.75) is 31.8 Å². The van der Waals surface area contributed by atoms with Gasteiger partial charge in [0.05, 0.1) is 16.5 Å². The number of hydrogen-bond donors (Lipinski definition) is 2. The van der Waals surface area contributed by atoms with Gasteiger partial charge in [0.1, 0.15) is 0 Å².